The lowest BCUT2D eigenvalue weighted by Crippen LogP contribution is -2.43. The van der Waals surface area contributed by atoms with Crippen LogP contribution in [-0.4, -0.2) is 41.1 Å². The van der Waals surface area contributed by atoms with Crippen LogP contribution in [0, 0.1) is 24.2 Å². The topological polar surface area (TPSA) is 78.2 Å². The number of nitrogens with one attached hydrogen (secondary N) is 1. The molecule has 0 aliphatic carbocycles. The fourth-order valence-corrected chi connectivity index (χ4v) is 4.78. The van der Waals surface area contributed by atoms with Crippen molar-refractivity contribution in [3.63, 3.8) is 0 Å². The summed E-state index contributed by atoms with van der Waals surface area (Å²) in [7, 11) is 0. The summed E-state index contributed by atoms with van der Waals surface area (Å²) in [5, 5.41) is 12.7. The van der Waals surface area contributed by atoms with E-state index < -0.39 is 0 Å². The number of ether oxygens (including phenoxy) is 1. The Morgan fingerprint density at radius 2 is 2.23 bits per heavy atom. The van der Waals surface area contributed by atoms with Crippen molar-refractivity contribution in [2.45, 2.75) is 25.3 Å². The van der Waals surface area contributed by atoms with Crippen LogP contribution in [0.3, 0.4) is 0 Å². The number of nitriles is 1. The highest BCUT2D eigenvalue weighted by Gasteiger charge is 2.46. The van der Waals surface area contributed by atoms with Crippen molar-refractivity contribution in [1.82, 2.24) is 9.27 Å². The van der Waals surface area contributed by atoms with Crippen molar-refractivity contribution in [3.05, 3.63) is 47.2 Å². The molecule has 2 saturated heterocycles. The minimum atomic E-state index is -0.152. The maximum atomic E-state index is 13.0. The first-order valence-corrected chi connectivity index (χ1v) is 9.53. The van der Waals surface area contributed by atoms with Crippen LogP contribution < -0.4 is 5.32 Å². The highest BCUT2D eigenvalue weighted by molar-refractivity contribution is 7.10. The molecule has 0 spiro atoms. The van der Waals surface area contributed by atoms with Crippen molar-refractivity contribution in [2.24, 2.45) is 5.92 Å². The van der Waals surface area contributed by atoms with Gasteiger partial charge in [-0.15, -0.1) is 0 Å². The molecule has 2 aliphatic rings. The number of rotatable bonds is 2. The number of hydrogen-bond acceptors (Lipinski definition) is 5. The lowest BCUT2D eigenvalue weighted by atomic mass is 9.84. The van der Waals surface area contributed by atoms with E-state index in [1.807, 2.05) is 23.1 Å². The summed E-state index contributed by atoms with van der Waals surface area (Å²) >= 11 is 1.16. The molecular weight excluding hydrogens is 348 g/mol. The van der Waals surface area contributed by atoms with E-state index in [4.69, 9.17) is 4.74 Å². The van der Waals surface area contributed by atoms with E-state index in [1.54, 1.807) is 6.92 Å². The third kappa shape index (κ3) is 2.96. The molecule has 6 nitrogen and oxygen atoms in total. The Balaban J connectivity index is 1.57. The first-order chi connectivity index (χ1) is 12.7. The number of benzene rings is 1. The second-order valence-corrected chi connectivity index (χ2v) is 7.55. The van der Waals surface area contributed by atoms with Crippen LogP contribution >= 0.6 is 11.5 Å². The van der Waals surface area contributed by atoms with Crippen molar-refractivity contribution < 1.29 is 9.53 Å². The number of aryl methyl sites for hydroxylation is 1. The summed E-state index contributed by atoms with van der Waals surface area (Å²) in [5.74, 6) is 0.571. The number of amides is 2. The van der Waals surface area contributed by atoms with Crippen LogP contribution in [-0.2, 0) is 4.74 Å². The first-order valence-electron chi connectivity index (χ1n) is 8.75. The van der Waals surface area contributed by atoms with E-state index >= 15 is 0 Å². The molecule has 1 aromatic carbocycles. The van der Waals surface area contributed by atoms with Gasteiger partial charge in [0.2, 0.25) is 0 Å². The summed E-state index contributed by atoms with van der Waals surface area (Å²) in [6.45, 7) is 3.79. The van der Waals surface area contributed by atoms with Gasteiger partial charge in [0.25, 0.3) is 0 Å². The van der Waals surface area contributed by atoms with Crippen molar-refractivity contribution >= 4 is 22.6 Å². The first kappa shape index (κ1) is 17.0. The summed E-state index contributed by atoms with van der Waals surface area (Å²) in [4.78, 5) is 14.9. The Morgan fingerprint density at radius 3 is 3.00 bits per heavy atom. The van der Waals surface area contributed by atoms with E-state index in [-0.39, 0.29) is 18.0 Å². The van der Waals surface area contributed by atoms with Gasteiger partial charge in [0.1, 0.15) is 16.6 Å². The standard InChI is InChI=1S/C19H20N4O2S/c1-12-14(9-20)18(26-22-12)21-19(24)23-10-15(13-5-3-2-4-6-13)16-11-25-8-7-17(16)23/h2-6,15-17H,7-8,10-11H2,1H3,(H,21,24). The largest absolute Gasteiger partial charge is 0.381 e. The fraction of sp³-hybridized carbons (Fsp3) is 0.421. The number of carbonyl (C=O) groups excluding carboxylic acids is 1. The predicted octanol–water partition coefficient (Wildman–Crippen LogP) is 3.36. The molecule has 3 unspecified atom stereocenters. The molecule has 1 N–H and O–H groups in total. The van der Waals surface area contributed by atoms with Gasteiger partial charge in [-0.05, 0) is 30.4 Å². The quantitative estimate of drug-likeness (QED) is 0.882. The number of carbonyl (C=O) groups is 1. The van der Waals surface area contributed by atoms with Crippen LogP contribution in [0.15, 0.2) is 30.3 Å². The lowest BCUT2D eigenvalue weighted by Gasteiger charge is -2.32. The molecule has 0 saturated carbocycles. The lowest BCUT2D eigenvalue weighted by molar-refractivity contribution is 0.0272. The Hall–Kier alpha value is -2.43. The maximum absolute atomic E-state index is 13.0. The number of nitrogens with zero attached hydrogens (tertiary/aromatic N) is 3. The van der Waals surface area contributed by atoms with E-state index in [0.717, 1.165) is 18.0 Å². The minimum Gasteiger partial charge on any atom is -0.381 e. The molecular formula is C19H20N4O2S. The van der Waals surface area contributed by atoms with Gasteiger partial charge in [-0.25, -0.2) is 4.79 Å². The third-order valence-corrected chi connectivity index (χ3v) is 6.21. The zero-order valence-electron chi connectivity index (χ0n) is 14.5. The summed E-state index contributed by atoms with van der Waals surface area (Å²) < 4.78 is 9.89. The molecule has 7 heteroatoms. The molecule has 0 bridgehead atoms. The van der Waals surface area contributed by atoms with E-state index in [9.17, 15) is 10.1 Å². The number of likely N-dealkylation sites (tertiary alicyclic amines) is 1. The average molecular weight is 368 g/mol. The molecule has 0 radical (unpaired) electrons. The maximum Gasteiger partial charge on any atom is 0.322 e. The molecule has 2 amide bonds. The third-order valence-electron chi connectivity index (χ3n) is 5.36. The zero-order chi connectivity index (χ0) is 18.1. The van der Waals surface area contributed by atoms with Crippen LogP contribution in [0.25, 0.3) is 0 Å². The van der Waals surface area contributed by atoms with Gasteiger partial charge < -0.3 is 9.64 Å². The second-order valence-electron chi connectivity index (χ2n) is 6.78. The predicted molar refractivity (Wildman–Crippen MR) is 99.2 cm³/mol. The van der Waals surface area contributed by atoms with Crippen LogP contribution in [0.4, 0.5) is 9.80 Å². The molecule has 3 atom stereocenters. The van der Waals surface area contributed by atoms with Gasteiger partial charge >= 0.3 is 6.03 Å². The van der Waals surface area contributed by atoms with Crippen molar-refractivity contribution in [2.75, 3.05) is 25.1 Å². The number of urea groups is 1. The minimum absolute atomic E-state index is 0.152. The zero-order valence-corrected chi connectivity index (χ0v) is 15.3. The van der Waals surface area contributed by atoms with Crippen LogP contribution in [0.1, 0.15) is 29.2 Å². The van der Waals surface area contributed by atoms with Crippen LogP contribution in [0.2, 0.25) is 0 Å². The monoisotopic (exact) mass is 368 g/mol. The van der Waals surface area contributed by atoms with Gasteiger partial charge in [-0.3, -0.25) is 5.32 Å². The van der Waals surface area contributed by atoms with Gasteiger partial charge in [-0.1, -0.05) is 30.3 Å². The Labute approximate surface area is 156 Å². The van der Waals surface area contributed by atoms with Gasteiger partial charge in [0.15, 0.2) is 0 Å². The fourth-order valence-electron chi connectivity index (χ4n) is 4.04. The number of aromatic nitrogens is 1. The molecule has 1 aromatic heterocycles. The summed E-state index contributed by atoms with van der Waals surface area (Å²) in [6, 6.07) is 12.5. The molecule has 3 heterocycles. The van der Waals surface area contributed by atoms with E-state index in [2.05, 4.69) is 27.9 Å². The van der Waals surface area contributed by atoms with E-state index in [0.29, 0.717) is 41.9 Å². The molecule has 2 fully saturated rings. The van der Waals surface area contributed by atoms with Gasteiger partial charge in [0, 0.05) is 31.0 Å². The molecule has 26 heavy (non-hydrogen) atoms. The Kier molecular flexibility index (Phi) is 4.62. The van der Waals surface area contributed by atoms with Crippen LogP contribution in [0.5, 0.6) is 0 Å². The normalized spacial score (nSPS) is 24.8. The number of fused-ring (bicyclic) bond motifs is 1. The number of anilines is 1. The van der Waals surface area contributed by atoms with Crippen molar-refractivity contribution in [1.29, 1.82) is 5.26 Å². The SMILES string of the molecule is Cc1nsc(NC(=O)N2CC(c3ccccc3)C3COCCC32)c1C#N. The average Bonchev–Trinajstić information content (AvgIpc) is 3.23. The smallest absolute Gasteiger partial charge is 0.322 e. The van der Waals surface area contributed by atoms with E-state index in [1.165, 1.54) is 5.56 Å². The molecule has 2 aliphatic heterocycles. The van der Waals surface area contributed by atoms with Gasteiger partial charge in [-0.2, -0.15) is 9.64 Å². The second kappa shape index (κ2) is 7.06. The van der Waals surface area contributed by atoms with Crippen molar-refractivity contribution in [3.8, 4) is 6.07 Å². The highest BCUT2D eigenvalue weighted by atomic mass is 32.1. The Bertz CT molecular complexity index is 845. The van der Waals surface area contributed by atoms with Gasteiger partial charge in [0.05, 0.1) is 12.3 Å². The highest BCUT2D eigenvalue weighted by Crippen LogP contribution is 2.41. The Morgan fingerprint density at radius 1 is 1.42 bits per heavy atom. The molecule has 4 rings (SSSR count). The molecule has 134 valence electrons. The summed E-state index contributed by atoms with van der Waals surface area (Å²) in [6.07, 6.45) is 0.842. The molecule has 2 aromatic rings. The summed E-state index contributed by atoms with van der Waals surface area (Å²) in [5.41, 5.74) is 2.35. The number of hydrogen-bond donors (Lipinski definition) is 1.